The largest absolute Gasteiger partial charge is 0.394 e. The molecule has 8 heteroatoms. The molecule has 1 aliphatic heterocycles. The molecule has 0 bridgehead atoms. The maximum absolute atomic E-state index is 13.8. The first-order valence-electron chi connectivity index (χ1n) is 5.36. The zero-order valence-corrected chi connectivity index (χ0v) is 9.54. The van der Waals surface area contributed by atoms with Crippen molar-refractivity contribution in [2.75, 3.05) is 6.61 Å². The fourth-order valence-electron chi connectivity index (χ4n) is 1.85. The Hall–Kier alpha value is -1.51. The Morgan fingerprint density at radius 3 is 2.78 bits per heavy atom. The minimum absolute atomic E-state index is 0.215. The summed E-state index contributed by atoms with van der Waals surface area (Å²) in [6, 6.07) is 0. The van der Waals surface area contributed by atoms with Crippen LogP contribution in [0.4, 0.5) is 4.39 Å². The summed E-state index contributed by atoms with van der Waals surface area (Å²) in [6.07, 6.45) is -4.67. The molecule has 1 aromatic heterocycles. The first-order valence-corrected chi connectivity index (χ1v) is 5.36. The standard InChI is InChI=1S/C10H13FN2O5/c1-4-2-13(10(17)12-8(4)16)9-6(11)7(15)5(3-14)18-9/h2,5-7,9,14-15H,3H2,1H3,(H,12,16,17)/t5-,6+,7?,9-/m0/s1. The van der Waals surface area contributed by atoms with Crippen LogP contribution in [0, 0.1) is 6.92 Å². The minimum atomic E-state index is -1.86. The summed E-state index contributed by atoms with van der Waals surface area (Å²) in [6.45, 7) is 0.895. The van der Waals surface area contributed by atoms with Crippen molar-refractivity contribution in [1.29, 1.82) is 0 Å². The normalized spacial score (nSPS) is 31.8. The monoisotopic (exact) mass is 260 g/mol. The Balaban J connectivity index is 2.42. The summed E-state index contributed by atoms with van der Waals surface area (Å²) >= 11 is 0. The summed E-state index contributed by atoms with van der Waals surface area (Å²) in [5.41, 5.74) is -1.18. The number of aromatic nitrogens is 2. The van der Waals surface area contributed by atoms with Crippen LogP contribution >= 0.6 is 0 Å². The van der Waals surface area contributed by atoms with Crippen molar-refractivity contribution in [3.05, 3.63) is 32.6 Å². The summed E-state index contributed by atoms with van der Waals surface area (Å²) in [5, 5.41) is 18.3. The summed E-state index contributed by atoms with van der Waals surface area (Å²) in [7, 11) is 0. The minimum Gasteiger partial charge on any atom is -0.394 e. The van der Waals surface area contributed by atoms with Crippen molar-refractivity contribution < 1.29 is 19.3 Å². The van der Waals surface area contributed by atoms with E-state index in [-0.39, 0.29) is 5.56 Å². The molecule has 1 aliphatic rings. The molecule has 1 saturated heterocycles. The van der Waals surface area contributed by atoms with Gasteiger partial charge in [0.1, 0.15) is 12.2 Å². The predicted octanol–water partition coefficient (Wildman–Crippen LogP) is -1.57. The molecule has 0 aliphatic carbocycles. The SMILES string of the molecule is Cc1cn([C@H]2O[C@@H](CO)C(O)[C@H]2F)c(=O)[nH]c1=O. The highest BCUT2D eigenvalue weighted by Gasteiger charge is 2.45. The van der Waals surface area contributed by atoms with E-state index in [0.29, 0.717) is 0 Å². The number of hydrogen-bond acceptors (Lipinski definition) is 5. The van der Waals surface area contributed by atoms with Crippen LogP contribution in [0.25, 0.3) is 0 Å². The van der Waals surface area contributed by atoms with Gasteiger partial charge in [0.15, 0.2) is 12.4 Å². The lowest BCUT2D eigenvalue weighted by Crippen LogP contribution is -2.36. The van der Waals surface area contributed by atoms with Crippen LogP contribution < -0.4 is 11.2 Å². The number of rotatable bonds is 2. The molecule has 1 fully saturated rings. The Labute approximate surface area is 100 Å². The zero-order valence-electron chi connectivity index (χ0n) is 9.54. The Morgan fingerprint density at radius 1 is 1.56 bits per heavy atom. The van der Waals surface area contributed by atoms with Crippen molar-refractivity contribution in [3.63, 3.8) is 0 Å². The van der Waals surface area contributed by atoms with Gasteiger partial charge in [-0.1, -0.05) is 0 Å². The van der Waals surface area contributed by atoms with Gasteiger partial charge in [0.05, 0.1) is 6.61 Å². The van der Waals surface area contributed by atoms with Crippen LogP contribution in [0.3, 0.4) is 0 Å². The van der Waals surface area contributed by atoms with Crippen LogP contribution in [0.15, 0.2) is 15.8 Å². The van der Waals surface area contributed by atoms with Gasteiger partial charge in [0.2, 0.25) is 0 Å². The lowest BCUT2D eigenvalue weighted by molar-refractivity contribution is -0.0492. The molecule has 3 N–H and O–H groups in total. The Kier molecular flexibility index (Phi) is 3.33. The van der Waals surface area contributed by atoms with E-state index in [1.165, 1.54) is 6.92 Å². The summed E-state index contributed by atoms with van der Waals surface area (Å²) in [5.74, 6) is 0. The number of ether oxygens (including phenoxy) is 1. The van der Waals surface area contributed by atoms with Crippen molar-refractivity contribution in [2.45, 2.75) is 31.5 Å². The van der Waals surface area contributed by atoms with Gasteiger partial charge in [-0.2, -0.15) is 0 Å². The number of alkyl halides is 1. The molecule has 100 valence electrons. The molecule has 0 saturated carbocycles. The smallest absolute Gasteiger partial charge is 0.330 e. The summed E-state index contributed by atoms with van der Waals surface area (Å²) < 4.78 is 19.7. The fraction of sp³-hybridized carbons (Fsp3) is 0.600. The molecular formula is C10H13FN2O5. The van der Waals surface area contributed by atoms with Gasteiger partial charge in [-0.05, 0) is 6.92 Å². The topological polar surface area (TPSA) is 105 Å². The molecular weight excluding hydrogens is 247 g/mol. The van der Waals surface area contributed by atoms with E-state index in [1.807, 2.05) is 4.98 Å². The first kappa shape index (κ1) is 12.9. The number of halogens is 1. The van der Waals surface area contributed by atoms with Gasteiger partial charge in [-0.15, -0.1) is 0 Å². The second kappa shape index (κ2) is 4.63. The molecule has 0 aromatic carbocycles. The lowest BCUT2D eigenvalue weighted by atomic mass is 10.1. The maximum Gasteiger partial charge on any atom is 0.330 e. The molecule has 1 unspecified atom stereocenters. The Bertz CT molecular complexity index is 554. The highest BCUT2D eigenvalue weighted by molar-refractivity contribution is 5.03. The average Bonchev–Trinajstić information content (AvgIpc) is 2.61. The number of aryl methyl sites for hydroxylation is 1. The number of H-pyrrole nitrogens is 1. The van der Waals surface area contributed by atoms with E-state index in [1.54, 1.807) is 0 Å². The lowest BCUT2D eigenvalue weighted by Gasteiger charge is -2.15. The number of aliphatic hydroxyl groups is 2. The quantitative estimate of drug-likeness (QED) is 0.596. The van der Waals surface area contributed by atoms with Crippen molar-refractivity contribution in [2.24, 2.45) is 0 Å². The predicted molar refractivity (Wildman–Crippen MR) is 58.0 cm³/mol. The van der Waals surface area contributed by atoms with Crippen molar-refractivity contribution in [3.8, 4) is 0 Å². The van der Waals surface area contributed by atoms with Crippen LogP contribution in [-0.2, 0) is 4.74 Å². The zero-order chi connectivity index (χ0) is 13.4. The fourth-order valence-corrected chi connectivity index (χ4v) is 1.85. The maximum atomic E-state index is 13.8. The third-order valence-corrected chi connectivity index (χ3v) is 2.89. The highest BCUT2D eigenvalue weighted by atomic mass is 19.1. The van der Waals surface area contributed by atoms with E-state index < -0.39 is 42.5 Å². The van der Waals surface area contributed by atoms with Crippen molar-refractivity contribution >= 4 is 0 Å². The molecule has 7 nitrogen and oxygen atoms in total. The number of nitrogens with one attached hydrogen (secondary N) is 1. The molecule has 4 atom stereocenters. The van der Waals surface area contributed by atoms with Crippen LogP contribution in [0.1, 0.15) is 11.8 Å². The van der Waals surface area contributed by atoms with E-state index in [4.69, 9.17) is 9.84 Å². The van der Waals surface area contributed by atoms with Gasteiger partial charge in [0, 0.05) is 11.8 Å². The second-order valence-electron chi connectivity index (χ2n) is 4.16. The molecule has 18 heavy (non-hydrogen) atoms. The van der Waals surface area contributed by atoms with Gasteiger partial charge >= 0.3 is 5.69 Å². The first-order chi connectivity index (χ1) is 8.45. The molecule has 0 spiro atoms. The number of nitrogens with zero attached hydrogens (tertiary/aromatic N) is 1. The van der Waals surface area contributed by atoms with Gasteiger partial charge in [-0.3, -0.25) is 14.3 Å². The molecule has 0 amide bonds. The molecule has 2 heterocycles. The highest BCUT2D eigenvalue weighted by Crippen LogP contribution is 2.30. The molecule has 0 radical (unpaired) electrons. The van der Waals surface area contributed by atoms with Crippen LogP contribution in [0.2, 0.25) is 0 Å². The number of hydrogen-bond donors (Lipinski definition) is 3. The Morgan fingerprint density at radius 2 is 2.22 bits per heavy atom. The van der Waals surface area contributed by atoms with E-state index in [2.05, 4.69) is 0 Å². The van der Waals surface area contributed by atoms with Crippen LogP contribution in [-0.4, -0.2) is 44.8 Å². The van der Waals surface area contributed by atoms with Gasteiger partial charge in [-0.25, -0.2) is 9.18 Å². The van der Waals surface area contributed by atoms with E-state index >= 15 is 0 Å². The second-order valence-corrected chi connectivity index (χ2v) is 4.16. The van der Waals surface area contributed by atoms with E-state index in [0.717, 1.165) is 10.8 Å². The molecule has 1 aromatic rings. The number of aliphatic hydroxyl groups excluding tert-OH is 2. The number of aromatic amines is 1. The van der Waals surface area contributed by atoms with Gasteiger partial charge < -0.3 is 14.9 Å². The van der Waals surface area contributed by atoms with E-state index in [9.17, 15) is 19.1 Å². The average molecular weight is 260 g/mol. The van der Waals surface area contributed by atoms with Gasteiger partial charge in [0.25, 0.3) is 5.56 Å². The third kappa shape index (κ3) is 1.98. The van der Waals surface area contributed by atoms with Crippen LogP contribution in [0.5, 0.6) is 0 Å². The third-order valence-electron chi connectivity index (χ3n) is 2.89. The summed E-state index contributed by atoms with van der Waals surface area (Å²) in [4.78, 5) is 24.7. The molecule has 2 rings (SSSR count). The van der Waals surface area contributed by atoms with Crippen molar-refractivity contribution in [1.82, 2.24) is 9.55 Å².